The minimum atomic E-state index is -0.353. The fraction of sp³-hybridized carbons (Fsp3) is 0.500. The molecule has 1 heterocycles. The Morgan fingerprint density at radius 2 is 2.20 bits per heavy atom. The van der Waals surface area contributed by atoms with Crippen molar-refractivity contribution in [2.24, 2.45) is 0 Å². The zero-order valence-electron chi connectivity index (χ0n) is 8.91. The number of carbonyl (C=O) groups is 1. The van der Waals surface area contributed by atoms with E-state index in [4.69, 9.17) is 4.42 Å². The zero-order valence-corrected chi connectivity index (χ0v) is 10.5. The number of carbonyl (C=O) groups excluding carboxylic acids is 1. The number of ether oxygens (including phenoxy) is 1. The zero-order chi connectivity index (χ0) is 11.4. The molecule has 0 radical (unpaired) electrons. The number of nitrogens with one attached hydrogen (secondary N) is 1. The first kappa shape index (κ1) is 12.3. The number of hydrogen-bond donors (Lipinski definition) is 1. The van der Waals surface area contributed by atoms with Gasteiger partial charge >= 0.3 is 5.97 Å². The molecule has 0 aliphatic heterocycles. The summed E-state index contributed by atoms with van der Waals surface area (Å²) in [6, 6.07) is 3.28. The molecule has 0 aromatic carbocycles. The molecule has 1 aromatic heterocycles. The number of halogens is 1. The Balaban J connectivity index is 2.55. The van der Waals surface area contributed by atoms with E-state index in [1.54, 1.807) is 6.92 Å². The van der Waals surface area contributed by atoms with Gasteiger partial charge in [0, 0.05) is 0 Å². The van der Waals surface area contributed by atoms with E-state index < -0.39 is 0 Å². The van der Waals surface area contributed by atoms with Crippen molar-refractivity contribution in [1.29, 1.82) is 0 Å². The molecule has 15 heavy (non-hydrogen) atoms. The van der Waals surface area contributed by atoms with Crippen molar-refractivity contribution >= 4 is 21.9 Å². The van der Waals surface area contributed by atoms with Crippen molar-refractivity contribution in [2.45, 2.75) is 25.9 Å². The molecule has 5 heteroatoms. The van der Waals surface area contributed by atoms with E-state index in [1.165, 1.54) is 7.11 Å². The molecule has 1 rings (SSSR count). The van der Waals surface area contributed by atoms with Gasteiger partial charge in [-0.2, -0.15) is 0 Å². The minimum Gasteiger partial charge on any atom is -0.468 e. The number of methoxy groups -OCH3 is 1. The van der Waals surface area contributed by atoms with Gasteiger partial charge in [-0.25, -0.2) is 0 Å². The summed E-state index contributed by atoms with van der Waals surface area (Å²) in [5.74, 6) is 0.491. The number of furan rings is 1. The van der Waals surface area contributed by atoms with Gasteiger partial charge in [0.2, 0.25) is 0 Å². The highest BCUT2D eigenvalue weighted by atomic mass is 79.9. The number of hydrogen-bond acceptors (Lipinski definition) is 4. The molecule has 1 aromatic rings. The van der Waals surface area contributed by atoms with Gasteiger partial charge < -0.3 is 9.15 Å². The molecule has 0 aliphatic carbocycles. The normalized spacial score (nSPS) is 14.7. The lowest BCUT2D eigenvalue weighted by atomic mass is 10.2. The summed E-state index contributed by atoms with van der Waals surface area (Å²) in [6.45, 7) is 3.67. The van der Waals surface area contributed by atoms with Crippen LogP contribution in [0.25, 0.3) is 0 Å². The van der Waals surface area contributed by atoms with Crippen LogP contribution in [0.1, 0.15) is 25.6 Å². The van der Waals surface area contributed by atoms with E-state index in [-0.39, 0.29) is 18.1 Å². The molecule has 1 N–H and O–H groups in total. The molecule has 0 fully saturated rings. The van der Waals surface area contributed by atoms with Gasteiger partial charge in [-0.05, 0) is 41.9 Å². The van der Waals surface area contributed by atoms with Crippen molar-refractivity contribution in [3.05, 3.63) is 22.6 Å². The standard InChI is InChI=1S/C10H14BrNO3/c1-6(8-4-5-9(11)15-8)12-7(2)10(13)14-3/h4-7,12H,1-3H3. The smallest absolute Gasteiger partial charge is 0.322 e. The van der Waals surface area contributed by atoms with Gasteiger partial charge in [-0.15, -0.1) is 0 Å². The lowest BCUT2D eigenvalue weighted by molar-refractivity contribution is -0.142. The Labute approximate surface area is 97.1 Å². The molecular formula is C10H14BrNO3. The number of esters is 1. The molecular weight excluding hydrogens is 262 g/mol. The lowest BCUT2D eigenvalue weighted by Crippen LogP contribution is -2.36. The molecule has 0 saturated heterocycles. The van der Waals surface area contributed by atoms with Gasteiger partial charge in [0.15, 0.2) is 4.67 Å². The quantitative estimate of drug-likeness (QED) is 0.857. The summed E-state index contributed by atoms with van der Waals surface area (Å²) in [4.78, 5) is 11.2. The molecule has 2 unspecified atom stereocenters. The highest BCUT2D eigenvalue weighted by Crippen LogP contribution is 2.20. The SMILES string of the molecule is COC(=O)C(C)NC(C)c1ccc(Br)o1. The average molecular weight is 276 g/mol. The van der Waals surface area contributed by atoms with Crippen LogP contribution >= 0.6 is 15.9 Å². The molecule has 0 spiro atoms. The van der Waals surface area contributed by atoms with Crippen LogP contribution in [0.5, 0.6) is 0 Å². The van der Waals surface area contributed by atoms with E-state index in [2.05, 4.69) is 26.0 Å². The van der Waals surface area contributed by atoms with E-state index >= 15 is 0 Å². The molecule has 0 saturated carbocycles. The van der Waals surface area contributed by atoms with Crippen LogP contribution < -0.4 is 5.32 Å². The van der Waals surface area contributed by atoms with Gasteiger partial charge in [0.05, 0.1) is 13.2 Å². The van der Waals surface area contributed by atoms with E-state index in [0.717, 1.165) is 5.76 Å². The van der Waals surface area contributed by atoms with E-state index in [0.29, 0.717) is 4.67 Å². The van der Waals surface area contributed by atoms with Crippen molar-refractivity contribution in [3.63, 3.8) is 0 Å². The third-order valence-corrected chi connectivity index (χ3v) is 2.50. The van der Waals surface area contributed by atoms with Crippen LogP contribution in [0.2, 0.25) is 0 Å². The first-order chi connectivity index (χ1) is 7.04. The first-order valence-electron chi connectivity index (χ1n) is 4.63. The third kappa shape index (κ3) is 3.35. The van der Waals surface area contributed by atoms with E-state index in [1.807, 2.05) is 19.1 Å². The van der Waals surface area contributed by atoms with Crippen molar-refractivity contribution < 1.29 is 13.9 Å². The molecule has 0 aliphatic rings. The fourth-order valence-electron chi connectivity index (χ4n) is 1.26. The fourth-order valence-corrected chi connectivity index (χ4v) is 1.58. The van der Waals surface area contributed by atoms with Crippen molar-refractivity contribution in [1.82, 2.24) is 5.32 Å². The van der Waals surface area contributed by atoms with Crippen LogP contribution in [0.4, 0.5) is 0 Å². The molecule has 0 amide bonds. The Morgan fingerprint density at radius 1 is 1.53 bits per heavy atom. The minimum absolute atomic E-state index is 0.0367. The van der Waals surface area contributed by atoms with Crippen LogP contribution in [-0.4, -0.2) is 19.1 Å². The van der Waals surface area contributed by atoms with Gasteiger partial charge in [0.1, 0.15) is 11.8 Å². The maximum Gasteiger partial charge on any atom is 0.322 e. The maximum atomic E-state index is 11.2. The largest absolute Gasteiger partial charge is 0.468 e. The second-order valence-corrected chi connectivity index (χ2v) is 4.06. The highest BCUT2D eigenvalue weighted by Gasteiger charge is 2.18. The van der Waals surface area contributed by atoms with Crippen molar-refractivity contribution in [2.75, 3.05) is 7.11 Å². The summed E-state index contributed by atoms with van der Waals surface area (Å²) in [7, 11) is 1.37. The van der Waals surface area contributed by atoms with Crippen LogP contribution in [0, 0.1) is 0 Å². The highest BCUT2D eigenvalue weighted by molar-refractivity contribution is 9.10. The van der Waals surface area contributed by atoms with Gasteiger partial charge in [-0.1, -0.05) is 0 Å². The van der Waals surface area contributed by atoms with Gasteiger partial charge in [-0.3, -0.25) is 10.1 Å². The Morgan fingerprint density at radius 3 is 2.67 bits per heavy atom. The summed E-state index contributed by atoms with van der Waals surface area (Å²) in [5.41, 5.74) is 0. The maximum absolute atomic E-state index is 11.2. The third-order valence-electron chi connectivity index (χ3n) is 2.08. The predicted molar refractivity (Wildman–Crippen MR) is 59.4 cm³/mol. The average Bonchev–Trinajstić information content (AvgIpc) is 2.63. The molecule has 84 valence electrons. The van der Waals surface area contributed by atoms with Crippen LogP contribution in [-0.2, 0) is 9.53 Å². The monoisotopic (exact) mass is 275 g/mol. The Bertz CT molecular complexity index is 337. The summed E-state index contributed by atoms with van der Waals surface area (Å²) in [5, 5.41) is 3.07. The van der Waals surface area contributed by atoms with Crippen LogP contribution in [0.3, 0.4) is 0 Å². The lowest BCUT2D eigenvalue weighted by Gasteiger charge is -2.16. The first-order valence-corrected chi connectivity index (χ1v) is 5.43. The Hall–Kier alpha value is -0.810. The molecule has 2 atom stereocenters. The second-order valence-electron chi connectivity index (χ2n) is 3.28. The topological polar surface area (TPSA) is 51.5 Å². The predicted octanol–water partition coefficient (Wildman–Crippen LogP) is 2.25. The molecule has 4 nitrogen and oxygen atoms in total. The summed E-state index contributed by atoms with van der Waals surface area (Å²) < 4.78 is 10.7. The van der Waals surface area contributed by atoms with E-state index in [9.17, 15) is 4.79 Å². The number of rotatable bonds is 4. The second kappa shape index (κ2) is 5.32. The van der Waals surface area contributed by atoms with Crippen LogP contribution in [0.15, 0.2) is 21.2 Å². The van der Waals surface area contributed by atoms with Crippen molar-refractivity contribution in [3.8, 4) is 0 Å². The van der Waals surface area contributed by atoms with Gasteiger partial charge in [0.25, 0.3) is 0 Å². The summed E-state index contributed by atoms with van der Waals surface area (Å²) in [6.07, 6.45) is 0. The summed E-state index contributed by atoms with van der Waals surface area (Å²) >= 11 is 3.22. The molecule has 0 bridgehead atoms. The Kier molecular flexibility index (Phi) is 4.35.